The Morgan fingerprint density at radius 1 is 1.14 bits per heavy atom. The van der Waals surface area contributed by atoms with Crippen molar-refractivity contribution in [2.75, 3.05) is 19.7 Å². The van der Waals surface area contributed by atoms with E-state index in [0.29, 0.717) is 12.1 Å². The van der Waals surface area contributed by atoms with Crippen molar-refractivity contribution in [1.29, 1.82) is 0 Å². The van der Waals surface area contributed by atoms with Gasteiger partial charge >= 0.3 is 5.97 Å². The van der Waals surface area contributed by atoms with Crippen LogP contribution in [0.1, 0.15) is 56.5 Å². The first-order valence-electron chi connectivity index (χ1n) is 13.4. The Hall–Kier alpha value is -3.52. The summed E-state index contributed by atoms with van der Waals surface area (Å²) in [5.74, 6) is -7.03. The van der Waals surface area contributed by atoms with Crippen LogP contribution in [0.2, 0.25) is 0 Å². The standard InChI is InChI=1S/C28H37F4N3O7/c1-14(2)6-8-42-17-11-22(35(13-17)27(39)24(36)15(3)4)26(38)34-21(12-23(31)32)25(37)33-7-5-18-19(29)9-16(28(40)41)10-20(18)30/h6,9-10,15,17,21-24,36H,5,7-8,11-13H2,1-4H3,(H,33,37)(H,34,38)(H,40,41)/t17-,21+,22?,24+/m1/s1. The average molecular weight is 604 g/mol. The number of carboxylic acids is 1. The topological polar surface area (TPSA) is 145 Å². The number of benzene rings is 1. The summed E-state index contributed by atoms with van der Waals surface area (Å²) in [6, 6.07) is -1.74. The van der Waals surface area contributed by atoms with E-state index >= 15 is 0 Å². The number of hydrogen-bond acceptors (Lipinski definition) is 6. The van der Waals surface area contributed by atoms with Gasteiger partial charge in [0.15, 0.2) is 0 Å². The summed E-state index contributed by atoms with van der Waals surface area (Å²) in [7, 11) is 0. The number of aliphatic hydroxyl groups excluding tert-OH is 1. The summed E-state index contributed by atoms with van der Waals surface area (Å²) in [6.45, 7) is 6.69. The SMILES string of the molecule is CC(C)=CCO[C@@H]1CC(C(=O)N[C@@H](CC(F)F)C(=O)NCCc2c(F)cc(C(=O)O)cc2F)N(C(=O)[C@@H](O)C(C)C)C1. The Bertz CT molecular complexity index is 1150. The first-order chi connectivity index (χ1) is 19.6. The molecule has 0 spiro atoms. The van der Waals surface area contributed by atoms with Crippen molar-refractivity contribution in [2.45, 2.75) is 77.7 Å². The Morgan fingerprint density at radius 3 is 2.29 bits per heavy atom. The van der Waals surface area contributed by atoms with E-state index in [2.05, 4.69) is 10.6 Å². The normalized spacial score (nSPS) is 18.1. The molecule has 0 aliphatic carbocycles. The molecule has 0 bridgehead atoms. The predicted octanol–water partition coefficient (Wildman–Crippen LogP) is 2.43. The number of hydrogen-bond donors (Lipinski definition) is 4. The number of nitrogens with zero attached hydrogens (tertiary/aromatic N) is 1. The van der Waals surface area contributed by atoms with Gasteiger partial charge in [0, 0.05) is 31.5 Å². The Kier molecular flexibility index (Phi) is 12.9. The second kappa shape index (κ2) is 15.6. The summed E-state index contributed by atoms with van der Waals surface area (Å²) in [6.07, 6.45) is -4.76. The van der Waals surface area contributed by atoms with E-state index in [-0.39, 0.29) is 19.6 Å². The number of carboxylic acid groups (broad SMARTS) is 1. The lowest BCUT2D eigenvalue weighted by Gasteiger charge is -2.28. The zero-order valence-electron chi connectivity index (χ0n) is 23.8. The summed E-state index contributed by atoms with van der Waals surface area (Å²) in [4.78, 5) is 51.0. The van der Waals surface area contributed by atoms with Crippen LogP contribution in [0.3, 0.4) is 0 Å². The zero-order valence-corrected chi connectivity index (χ0v) is 23.8. The summed E-state index contributed by atoms with van der Waals surface area (Å²) < 4.78 is 60.8. The molecule has 1 aromatic carbocycles. The summed E-state index contributed by atoms with van der Waals surface area (Å²) in [5, 5.41) is 23.7. The molecule has 4 atom stereocenters. The molecule has 2 rings (SSSR count). The van der Waals surface area contributed by atoms with Gasteiger partial charge in [-0.1, -0.05) is 25.5 Å². The second-order valence-corrected chi connectivity index (χ2v) is 10.6. The monoisotopic (exact) mass is 603 g/mol. The van der Waals surface area contributed by atoms with Crippen molar-refractivity contribution < 1.29 is 51.7 Å². The van der Waals surface area contributed by atoms with Gasteiger partial charge in [-0.05, 0) is 38.3 Å². The maximum Gasteiger partial charge on any atom is 0.335 e. The number of halogens is 4. The molecular weight excluding hydrogens is 566 g/mol. The Morgan fingerprint density at radius 2 is 1.76 bits per heavy atom. The summed E-state index contributed by atoms with van der Waals surface area (Å²) in [5.41, 5.74) is -0.144. The van der Waals surface area contributed by atoms with Crippen LogP contribution in [0, 0.1) is 17.6 Å². The highest BCUT2D eigenvalue weighted by molar-refractivity contribution is 5.93. The fourth-order valence-corrected chi connectivity index (χ4v) is 4.29. The van der Waals surface area contributed by atoms with Crippen LogP contribution in [0.25, 0.3) is 0 Å². The molecule has 14 heteroatoms. The number of alkyl halides is 2. The van der Waals surface area contributed by atoms with Gasteiger partial charge in [0.2, 0.25) is 18.2 Å². The van der Waals surface area contributed by atoms with Crippen LogP contribution in [0.4, 0.5) is 17.6 Å². The number of likely N-dealkylation sites (tertiary alicyclic amines) is 1. The van der Waals surface area contributed by atoms with Crippen molar-refractivity contribution in [3.05, 3.63) is 46.5 Å². The molecule has 234 valence electrons. The molecule has 3 amide bonds. The lowest BCUT2D eigenvalue weighted by Crippen LogP contribution is -2.55. The minimum absolute atomic E-state index is 0.00704. The first-order valence-corrected chi connectivity index (χ1v) is 13.4. The highest BCUT2D eigenvalue weighted by atomic mass is 19.3. The number of aromatic carboxylic acids is 1. The highest BCUT2D eigenvalue weighted by Gasteiger charge is 2.43. The van der Waals surface area contributed by atoms with Crippen molar-refractivity contribution >= 4 is 23.7 Å². The van der Waals surface area contributed by atoms with Gasteiger partial charge in [-0.2, -0.15) is 0 Å². The maximum atomic E-state index is 14.2. The van der Waals surface area contributed by atoms with E-state index in [1.807, 2.05) is 13.8 Å². The van der Waals surface area contributed by atoms with Crippen molar-refractivity contribution in [3.63, 3.8) is 0 Å². The third-order valence-electron chi connectivity index (χ3n) is 6.67. The smallest absolute Gasteiger partial charge is 0.335 e. The zero-order chi connectivity index (χ0) is 31.7. The van der Waals surface area contributed by atoms with Crippen molar-refractivity contribution in [1.82, 2.24) is 15.5 Å². The van der Waals surface area contributed by atoms with E-state index in [1.165, 1.54) is 0 Å². The molecule has 0 aromatic heterocycles. The molecule has 1 saturated heterocycles. The molecule has 0 saturated carbocycles. The fourth-order valence-electron chi connectivity index (χ4n) is 4.29. The van der Waals surface area contributed by atoms with Gasteiger partial charge in [0.05, 0.1) is 18.3 Å². The number of carbonyl (C=O) groups excluding carboxylic acids is 3. The van der Waals surface area contributed by atoms with Crippen LogP contribution >= 0.6 is 0 Å². The molecule has 4 N–H and O–H groups in total. The molecule has 1 heterocycles. The molecule has 10 nitrogen and oxygen atoms in total. The van der Waals surface area contributed by atoms with Gasteiger partial charge in [0.1, 0.15) is 29.8 Å². The highest BCUT2D eigenvalue weighted by Crippen LogP contribution is 2.24. The Labute approximate surface area is 241 Å². The minimum atomic E-state index is -3.01. The molecule has 0 radical (unpaired) electrons. The number of carbonyl (C=O) groups is 4. The van der Waals surface area contributed by atoms with Gasteiger partial charge < -0.3 is 30.5 Å². The number of allylic oxidation sites excluding steroid dienone is 1. The van der Waals surface area contributed by atoms with Gasteiger partial charge in [-0.25, -0.2) is 22.4 Å². The average Bonchev–Trinajstić information content (AvgIpc) is 3.32. The molecule has 1 aliphatic heterocycles. The van der Waals surface area contributed by atoms with Crippen molar-refractivity contribution in [2.24, 2.45) is 5.92 Å². The minimum Gasteiger partial charge on any atom is -0.478 e. The largest absolute Gasteiger partial charge is 0.478 e. The van der Waals surface area contributed by atoms with Crippen LogP contribution in [0.5, 0.6) is 0 Å². The number of aliphatic hydroxyl groups is 1. The van der Waals surface area contributed by atoms with E-state index in [9.17, 15) is 41.8 Å². The van der Waals surface area contributed by atoms with Crippen LogP contribution < -0.4 is 10.6 Å². The first kappa shape index (κ1) is 34.7. The third kappa shape index (κ3) is 9.79. The molecule has 42 heavy (non-hydrogen) atoms. The number of nitrogens with one attached hydrogen (secondary N) is 2. The third-order valence-corrected chi connectivity index (χ3v) is 6.67. The Balaban J connectivity index is 2.14. The molecular formula is C28H37F4N3O7. The van der Waals surface area contributed by atoms with Gasteiger partial charge in [0.25, 0.3) is 5.91 Å². The quantitative estimate of drug-likeness (QED) is 0.189. The number of rotatable bonds is 14. The van der Waals surface area contributed by atoms with Gasteiger partial charge in [-0.3, -0.25) is 14.4 Å². The number of ether oxygens (including phenoxy) is 1. The van der Waals surface area contributed by atoms with E-state index in [4.69, 9.17) is 9.84 Å². The van der Waals surface area contributed by atoms with Crippen molar-refractivity contribution in [3.8, 4) is 0 Å². The lowest BCUT2D eigenvalue weighted by molar-refractivity contribution is -0.147. The lowest BCUT2D eigenvalue weighted by atomic mass is 10.1. The molecule has 1 aliphatic rings. The maximum absolute atomic E-state index is 14.2. The summed E-state index contributed by atoms with van der Waals surface area (Å²) >= 11 is 0. The van der Waals surface area contributed by atoms with Crippen LogP contribution in [0.15, 0.2) is 23.8 Å². The van der Waals surface area contributed by atoms with E-state index in [0.717, 1.165) is 10.5 Å². The van der Waals surface area contributed by atoms with Gasteiger partial charge in [-0.15, -0.1) is 0 Å². The van der Waals surface area contributed by atoms with E-state index < -0.39 is 102 Å². The van der Waals surface area contributed by atoms with Crippen LogP contribution in [-0.4, -0.2) is 89.2 Å². The molecule has 1 fully saturated rings. The second-order valence-electron chi connectivity index (χ2n) is 10.6. The fraction of sp³-hybridized carbons (Fsp3) is 0.571. The predicted molar refractivity (Wildman–Crippen MR) is 143 cm³/mol. The molecule has 1 unspecified atom stereocenters. The number of amides is 3. The van der Waals surface area contributed by atoms with Crippen LogP contribution in [-0.2, 0) is 25.5 Å². The van der Waals surface area contributed by atoms with E-state index in [1.54, 1.807) is 19.9 Å². The molecule has 1 aromatic rings.